The zero-order valence-electron chi connectivity index (χ0n) is 7.16. The fraction of sp³-hybridized carbons (Fsp3) is 0. The summed E-state index contributed by atoms with van der Waals surface area (Å²) in [6.45, 7) is 0. The van der Waals surface area contributed by atoms with E-state index in [1.54, 1.807) is 6.07 Å². The van der Waals surface area contributed by atoms with E-state index in [9.17, 15) is 0 Å². The topological polar surface area (TPSA) is 62.7 Å². The van der Waals surface area contributed by atoms with Gasteiger partial charge in [0.2, 0.25) is 0 Å². The lowest BCUT2D eigenvalue weighted by Crippen LogP contribution is -1.94. The summed E-state index contributed by atoms with van der Waals surface area (Å²) >= 11 is 3.35. The monoisotopic (exact) mass is 247 g/mol. The number of fused-ring (bicyclic) bond motifs is 1. The molecule has 0 atom stereocenters. The highest BCUT2D eigenvalue weighted by atomic mass is 79.9. The summed E-state index contributed by atoms with van der Waals surface area (Å²) in [5, 5.41) is 9.67. The Bertz CT molecular complexity index is 543. The van der Waals surface area contributed by atoms with Crippen LogP contribution in [0.2, 0.25) is 0 Å². The molecule has 68 valence electrons. The van der Waals surface area contributed by atoms with Crippen molar-refractivity contribution in [1.29, 1.82) is 5.26 Å². The predicted molar refractivity (Wildman–Crippen MR) is 58.6 cm³/mol. The molecule has 0 fully saturated rings. The van der Waals surface area contributed by atoms with Gasteiger partial charge in [0.25, 0.3) is 0 Å². The highest BCUT2D eigenvalue weighted by Gasteiger charge is 2.02. The Morgan fingerprint density at radius 2 is 2.14 bits per heavy atom. The van der Waals surface area contributed by atoms with Crippen molar-refractivity contribution < 1.29 is 0 Å². The molecule has 0 amide bonds. The maximum Gasteiger partial charge on any atom is 0.142 e. The number of rotatable bonds is 0. The molecule has 0 radical (unpaired) electrons. The van der Waals surface area contributed by atoms with Gasteiger partial charge < -0.3 is 5.73 Å². The van der Waals surface area contributed by atoms with E-state index in [4.69, 9.17) is 11.0 Å². The van der Waals surface area contributed by atoms with E-state index in [0.29, 0.717) is 5.56 Å². The Morgan fingerprint density at radius 3 is 2.86 bits per heavy atom. The van der Waals surface area contributed by atoms with Crippen molar-refractivity contribution in [3.63, 3.8) is 0 Å². The molecular weight excluding hydrogens is 242 g/mol. The largest absolute Gasteiger partial charge is 0.383 e. The van der Waals surface area contributed by atoms with Gasteiger partial charge in [-0.1, -0.05) is 22.0 Å². The van der Waals surface area contributed by atoms with Gasteiger partial charge in [-0.15, -0.1) is 0 Å². The van der Waals surface area contributed by atoms with E-state index < -0.39 is 0 Å². The van der Waals surface area contributed by atoms with Crippen molar-refractivity contribution in [2.24, 2.45) is 0 Å². The van der Waals surface area contributed by atoms with Crippen LogP contribution in [-0.4, -0.2) is 4.98 Å². The lowest BCUT2D eigenvalue weighted by molar-refractivity contribution is 1.37. The molecule has 1 aromatic heterocycles. The number of hydrogen-bond donors (Lipinski definition) is 1. The third-order valence-corrected chi connectivity index (χ3v) is 2.42. The van der Waals surface area contributed by atoms with E-state index in [0.717, 1.165) is 15.4 Å². The number of pyridine rings is 1. The minimum Gasteiger partial charge on any atom is -0.383 e. The number of nitrogens with two attached hydrogens (primary N) is 1. The van der Waals surface area contributed by atoms with Crippen LogP contribution < -0.4 is 5.73 Å². The molecule has 0 aliphatic carbocycles. The lowest BCUT2D eigenvalue weighted by atomic mass is 10.1. The van der Waals surface area contributed by atoms with Crippen molar-refractivity contribution in [3.05, 3.63) is 34.3 Å². The third-order valence-electron chi connectivity index (χ3n) is 1.93. The number of aromatic nitrogens is 1. The second kappa shape index (κ2) is 3.28. The van der Waals surface area contributed by atoms with Crippen LogP contribution in [0.5, 0.6) is 0 Å². The van der Waals surface area contributed by atoms with E-state index in [-0.39, 0.29) is 5.82 Å². The first-order valence-electron chi connectivity index (χ1n) is 3.96. The van der Waals surface area contributed by atoms with Gasteiger partial charge in [-0.25, -0.2) is 4.98 Å². The van der Waals surface area contributed by atoms with Gasteiger partial charge in [0.1, 0.15) is 11.9 Å². The Kier molecular flexibility index (Phi) is 2.10. The molecule has 0 bridgehead atoms. The molecule has 0 saturated carbocycles. The first kappa shape index (κ1) is 8.97. The summed E-state index contributed by atoms with van der Waals surface area (Å²) in [4.78, 5) is 4.13. The fourth-order valence-corrected chi connectivity index (χ4v) is 1.59. The number of anilines is 1. The van der Waals surface area contributed by atoms with Crippen LogP contribution in [0.1, 0.15) is 5.56 Å². The van der Waals surface area contributed by atoms with Gasteiger partial charge in [-0.2, -0.15) is 5.26 Å². The second-order valence-electron chi connectivity index (χ2n) is 2.87. The number of nitrogen functional groups attached to an aromatic ring is 1. The van der Waals surface area contributed by atoms with Crippen molar-refractivity contribution in [1.82, 2.24) is 4.98 Å². The van der Waals surface area contributed by atoms with E-state index in [1.807, 2.05) is 24.3 Å². The first-order chi connectivity index (χ1) is 6.70. The maximum absolute atomic E-state index is 8.75. The van der Waals surface area contributed by atoms with Crippen LogP contribution in [0.4, 0.5) is 5.82 Å². The van der Waals surface area contributed by atoms with Gasteiger partial charge in [0.05, 0.1) is 11.1 Å². The molecule has 0 aliphatic heterocycles. The predicted octanol–water partition coefficient (Wildman–Crippen LogP) is 2.45. The van der Waals surface area contributed by atoms with Crippen molar-refractivity contribution in [2.75, 3.05) is 5.73 Å². The maximum atomic E-state index is 8.75. The number of hydrogen-bond acceptors (Lipinski definition) is 3. The van der Waals surface area contributed by atoms with Crippen LogP contribution >= 0.6 is 15.9 Å². The zero-order valence-corrected chi connectivity index (χ0v) is 8.75. The molecule has 14 heavy (non-hydrogen) atoms. The van der Waals surface area contributed by atoms with Gasteiger partial charge in [0.15, 0.2) is 0 Å². The van der Waals surface area contributed by atoms with E-state index in [1.165, 1.54) is 0 Å². The summed E-state index contributed by atoms with van der Waals surface area (Å²) < 4.78 is 0.946. The van der Waals surface area contributed by atoms with Crippen LogP contribution in [0.3, 0.4) is 0 Å². The van der Waals surface area contributed by atoms with Gasteiger partial charge in [-0.3, -0.25) is 0 Å². The van der Waals surface area contributed by atoms with Gasteiger partial charge in [0, 0.05) is 9.86 Å². The molecule has 3 nitrogen and oxygen atoms in total. The third kappa shape index (κ3) is 1.42. The zero-order chi connectivity index (χ0) is 10.1. The smallest absolute Gasteiger partial charge is 0.142 e. The Labute approximate surface area is 89.3 Å². The molecule has 0 unspecified atom stereocenters. The molecule has 2 aromatic rings. The normalized spacial score (nSPS) is 10.0. The highest BCUT2D eigenvalue weighted by molar-refractivity contribution is 9.10. The number of benzene rings is 1. The Hall–Kier alpha value is -1.60. The van der Waals surface area contributed by atoms with Crippen molar-refractivity contribution >= 4 is 32.7 Å². The van der Waals surface area contributed by atoms with Gasteiger partial charge in [-0.05, 0) is 18.2 Å². The van der Waals surface area contributed by atoms with Crippen LogP contribution in [0.25, 0.3) is 10.9 Å². The summed E-state index contributed by atoms with van der Waals surface area (Å²) in [5.74, 6) is 0.276. The summed E-state index contributed by atoms with van der Waals surface area (Å²) in [5.41, 5.74) is 6.80. The quantitative estimate of drug-likeness (QED) is 0.778. The average molecular weight is 248 g/mol. The summed E-state index contributed by atoms with van der Waals surface area (Å²) in [6.07, 6.45) is 0. The highest BCUT2D eigenvalue weighted by Crippen LogP contribution is 2.21. The molecule has 0 spiro atoms. The minimum atomic E-state index is 0.276. The molecule has 0 aliphatic rings. The summed E-state index contributed by atoms with van der Waals surface area (Å²) in [7, 11) is 0. The standard InChI is InChI=1S/C10H6BrN3/c11-8-2-1-6-3-7(5-12)10(13)14-9(6)4-8/h1-4H,(H2,13,14). The van der Waals surface area contributed by atoms with Crippen molar-refractivity contribution in [3.8, 4) is 6.07 Å². The molecule has 0 saturated heterocycles. The van der Waals surface area contributed by atoms with Crippen LogP contribution in [0.15, 0.2) is 28.7 Å². The van der Waals surface area contributed by atoms with E-state index >= 15 is 0 Å². The molecule has 2 N–H and O–H groups in total. The molecule has 4 heteroatoms. The number of nitrogens with zero attached hydrogens (tertiary/aromatic N) is 2. The number of halogens is 1. The first-order valence-corrected chi connectivity index (χ1v) is 4.76. The van der Waals surface area contributed by atoms with Crippen LogP contribution in [-0.2, 0) is 0 Å². The summed E-state index contributed by atoms with van der Waals surface area (Å²) in [6, 6.07) is 9.41. The Balaban J connectivity index is 2.81. The molecule has 1 aromatic carbocycles. The second-order valence-corrected chi connectivity index (χ2v) is 3.79. The Morgan fingerprint density at radius 1 is 1.36 bits per heavy atom. The molecule has 2 rings (SSSR count). The minimum absolute atomic E-state index is 0.276. The fourth-order valence-electron chi connectivity index (χ4n) is 1.24. The lowest BCUT2D eigenvalue weighted by Gasteiger charge is -2.01. The molecule has 1 heterocycles. The average Bonchev–Trinajstić information content (AvgIpc) is 2.16. The number of nitriles is 1. The van der Waals surface area contributed by atoms with Crippen molar-refractivity contribution in [2.45, 2.75) is 0 Å². The molecular formula is C10H6BrN3. The van der Waals surface area contributed by atoms with Gasteiger partial charge >= 0.3 is 0 Å². The SMILES string of the molecule is N#Cc1cc2ccc(Br)cc2nc1N. The van der Waals surface area contributed by atoms with E-state index in [2.05, 4.69) is 20.9 Å². The van der Waals surface area contributed by atoms with Crippen LogP contribution in [0, 0.1) is 11.3 Å².